The third kappa shape index (κ3) is 1.46. The molecule has 0 amide bonds. The van der Waals surface area contributed by atoms with Gasteiger partial charge in [-0.15, -0.1) is 0 Å². The first kappa shape index (κ1) is 11.4. The fourth-order valence-corrected chi connectivity index (χ4v) is 2.79. The van der Waals surface area contributed by atoms with Gasteiger partial charge in [0.05, 0.1) is 5.52 Å². The number of pyridine rings is 1. The Kier molecular flexibility index (Phi) is 2.30. The van der Waals surface area contributed by atoms with Gasteiger partial charge >= 0.3 is 0 Å². The average Bonchev–Trinajstić information content (AvgIpc) is 2.96. The normalized spacial score (nSPS) is 12.2. The van der Waals surface area contributed by atoms with Gasteiger partial charge in [-0.1, -0.05) is 13.8 Å². The lowest BCUT2D eigenvalue weighted by molar-refractivity contribution is 0.542. The molecule has 0 aliphatic heterocycles. The first-order chi connectivity index (χ1) is 9.75. The van der Waals surface area contributed by atoms with Crippen LogP contribution in [0.2, 0.25) is 0 Å². The lowest BCUT2D eigenvalue weighted by Crippen LogP contribution is -2.05. The fourth-order valence-electron chi connectivity index (χ4n) is 2.79. The van der Waals surface area contributed by atoms with E-state index in [-0.39, 0.29) is 0 Å². The quantitative estimate of drug-likeness (QED) is 0.560. The SMILES string of the molecule is CC(C)Cn1c2ccncc2c2nc3ccncn3c21. The molecule has 0 unspecified atom stereocenters. The van der Waals surface area contributed by atoms with Gasteiger partial charge < -0.3 is 4.57 Å². The van der Waals surface area contributed by atoms with Crippen LogP contribution in [0, 0.1) is 5.92 Å². The van der Waals surface area contributed by atoms with Gasteiger partial charge in [-0.25, -0.2) is 9.97 Å². The molecule has 0 spiro atoms. The van der Waals surface area contributed by atoms with Crippen LogP contribution in [0.1, 0.15) is 13.8 Å². The summed E-state index contributed by atoms with van der Waals surface area (Å²) in [5, 5.41) is 1.10. The maximum Gasteiger partial charge on any atom is 0.147 e. The third-order valence-corrected chi connectivity index (χ3v) is 3.55. The highest BCUT2D eigenvalue weighted by molar-refractivity contribution is 6.05. The van der Waals surface area contributed by atoms with Crippen LogP contribution in [-0.4, -0.2) is 23.9 Å². The first-order valence-electron chi connectivity index (χ1n) is 6.79. The van der Waals surface area contributed by atoms with Gasteiger partial charge in [-0.3, -0.25) is 9.38 Å². The molecule has 0 aliphatic rings. The average molecular weight is 265 g/mol. The number of rotatable bonds is 2. The van der Waals surface area contributed by atoms with Crippen molar-refractivity contribution in [1.82, 2.24) is 23.9 Å². The fraction of sp³-hybridized carbons (Fsp3) is 0.267. The molecule has 4 rings (SSSR count). The second-order valence-corrected chi connectivity index (χ2v) is 5.49. The number of aromatic nitrogens is 5. The van der Waals surface area contributed by atoms with Crippen molar-refractivity contribution in [3.8, 4) is 0 Å². The van der Waals surface area contributed by atoms with E-state index in [9.17, 15) is 0 Å². The highest BCUT2D eigenvalue weighted by Crippen LogP contribution is 2.29. The predicted molar refractivity (Wildman–Crippen MR) is 78.6 cm³/mol. The van der Waals surface area contributed by atoms with E-state index in [1.165, 1.54) is 5.52 Å². The number of nitrogens with zero attached hydrogens (tertiary/aromatic N) is 5. The molecular formula is C15H15N5. The molecule has 0 saturated heterocycles. The monoisotopic (exact) mass is 265 g/mol. The largest absolute Gasteiger partial charge is 0.325 e. The topological polar surface area (TPSA) is 48.0 Å². The van der Waals surface area contributed by atoms with E-state index in [0.717, 1.165) is 28.7 Å². The van der Waals surface area contributed by atoms with Gasteiger partial charge in [0.1, 0.15) is 23.1 Å². The van der Waals surface area contributed by atoms with Gasteiger partial charge in [0.15, 0.2) is 0 Å². The van der Waals surface area contributed by atoms with Crippen LogP contribution in [0.3, 0.4) is 0 Å². The number of hydrogen-bond donors (Lipinski definition) is 0. The predicted octanol–water partition coefficient (Wildman–Crippen LogP) is 2.89. The molecule has 0 aliphatic carbocycles. The molecule has 0 saturated carbocycles. The smallest absolute Gasteiger partial charge is 0.147 e. The number of hydrogen-bond acceptors (Lipinski definition) is 3. The lowest BCUT2D eigenvalue weighted by Gasteiger charge is -2.10. The summed E-state index contributed by atoms with van der Waals surface area (Å²) in [6.45, 7) is 5.40. The minimum atomic E-state index is 0.559. The Hall–Kier alpha value is -2.43. The van der Waals surface area contributed by atoms with Crippen molar-refractivity contribution in [3.63, 3.8) is 0 Å². The Labute approximate surface area is 115 Å². The summed E-state index contributed by atoms with van der Waals surface area (Å²) in [5.74, 6) is 0.559. The van der Waals surface area contributed by atoms with E-state index in [0.29, 0.717) is 5.92 Å². The van der Waals surface area contributed by atoms with Gasteiger partial charge in [-0.05, 0) is 18.1 Å². The van der Waals surface area contributed by atoms with Crippen molar-refractivity contribution >= 4 is 27.7 Å². The van der Waals surface area contributed by atoms with Gasteiger partial charge in [0.2, 0.25) is 0 Å². The molecule has 0 atom stereocenters. The van der Waals surface area contributed by atoms with Crippen molar-refractivity contribution in [2.75, 3.05) is 0 Å². The third-order valence-electron chi connectivity index (χ3n) is 3.55. The van der Waals surface area contributed by atoms with E-state index in [1.807, 2.05) is 24.8 Å². The van der Waals surface area contributed by atoms with E-state index in [2.05, 4.69) is 38.8 Å². The summed E-state index contributed by atoms with van der Waals surface area (Å²) >= 11 is 0. The van der Waals surface area contributed by atoms with E-state index >= 15 is 0 Å². The molecule has 100 valence electrons. The molecule has 4 aromatic rings. The van der Waals surface area contributed by atoms with Crippen LogP contribution in [0.15, 0.2) is 37.1 Å². The Morgan fingerprint density at radius 2 is 2.00 bits per heavy atom. The molecule has 4 aromatic heterocycles. The van der Waals surface area contributed by atoms with E-state index in [4.69, 9.17) is 4.98 Å². The van der Waals surface area contributed by atoms with E-state index < -0.39 is 0 Å². The second kappa shape index (κ2) is 4.03. The molecular weight excluding hydrogens is 250 g/mol. The molecule has 0 bridgehead atoms. The summed E-state index contributed by atoms with van der Waals surface area (Å²) in [6.07, 6.45) is 7.33. The minimum Gasteiger partial charge on any atom is -0.325 e. The summed E-state index contributed by atoms with van der Waals surface area (Å²) in [6, 6.07) is 3.99. The first-order valence-corrected chi connectivity index (χ1v) is 6.79. The maximum atomic E-state index is 4.73. The summed E-state index contributed by atoms with van der Waals surface area (Å²) in [5.41, 5.74) is 4.21. The minimum absolute atomic E-state index is 0.559. The molecule has 0 radical (unpaired) electrons. The molecule has 5 heteroatoms. The van der Waals surface area contributed by atoms with E-state index in [1.54, 1.807) is 6.20 Å². The molecule has 0 N–H and O–H groups in total. The summed E-state index contributed by atoms with van der Waals surface area (Å²) < 4.78 is 4.37. The maximum absolute atomic E-state index is 4.73. The van der Waals surface area contributed by atoms with Crippen LogP contribution in [-0.2, 0) is 6.54 Å². The molecule has 5 nitrogen and oxygen atoms in total. The molecule has 4 heterocycles. The second-order valence-electron chi connectivity index (χ2n) is 5.49. The van der Waals surface area contributed by atoms with Crippen LogP contribution >= 0.6 is 0 Å². The van der Waals surface area contributed by atoms with Crippen LogP contribution in [0.5, 0.6) is 0 Å². The highest BCUT2D eigenvalue weighted by Gasteiger charge is 2.17. The number of imidazole rings is 1. The van der Waals surface area contributed by atoms with Crippen LogP contribution < -0.4 is 0 Å². The lowest BCUT2D eigenvalue weighted by atomic mass is 10.2. The van der Waals surface area contributed by atoms with Crippen LogP contribution in [0.4, 0.5) is 0 Å². The zero-order valence-corrected chi connectivity index (χ0v) is 11.5. The Morgan fingerprint density at radius 1 is 1.15 bits per heavy atom. The van der Waals surface area contributed by atoms with Crippen molar-refractivity contribution in [2.24, 2.45) is 5.92 Å². The van der Waals surface area contributed by atoms with Crippen molar-refractivity contribution < 1.29 is 0 Å². The Morgan fingerprint density at radius 3 is 2.85 bits per heavy atom. The van der Waals surface area contributed by atoms with Crippen molar-refractivity contribution in [2.45, 2.75) is 20.4 Å². The zero-order chi connectivity index (χ0) is 13.7. The Bertz CT molecular complexity index is 910. The number of fused-ring (bicyclic) bond motifs is 5. The molecule has 0 aromatic carbocycles. The summed E-state index contributed by atoms with van der Waals surface area (Å²) in [4.78, 5) is 13.2. The van der Waals surface area contributed by atoms with Gasteiger partial charge in [-0.2, -0.15) is 0 Å². The molecule has 0 fully saturated rings. The zero-order valence-electron chi connectivity index (χ0n) is 11.5. The Balaban J connectivity index is 2.22. The van der Waals surface area contributed by atoms with Gasteiger partial charge in [0.25, 0.3) is 0 Å². The van der Waals surface area contributed by atoms with Gasteiger partial charge in [0, 0.05) is 30.5 Å². The van der Waals surface area contributed by atoms with Crippen molar-refractivity contribution in [3.05, 3.63) is 37.1 Å². The standard InChI is InChI=1S/C15H15N5/c1-10(2)8-19-12-3-5-16-7-11(12)14-15(19)20-9-17-6-4-13(20)18-14/h3-7,9-10H,8H2,1-2H3. The molecule has 20 heavy (non-hydrogen) atoms. The van der Waals surface area contributed by atoms with Crippen LogP contribution in [0.25, 0.3) is 27.7 Å². The van der Waals surface area contributed by atoms with Crippen molar-refractivity contribution in [1.29, 1.82) is 0 Å². The summed E-state index contributed by atoms with van der Waals surface area (Å²) in [7, 11) is 0. The highest BCUT2D eigenvalue weighted by atomic mass is 15.2.